The first-order valence-electron chi connectivity index (χ1n) is 5.30. The van der Waals surface area contributed by atoms with Crippen LogP contribution in [0.1, 0.15) is 38.2 Å². The van der Waals surface area contributed by atoms with Crippen LogP contribution in [0.25, 0.3) is 0 Å². The fraction of sp³-hybridized carbons (Fsp3) is 0.727. The summed E-state index contributed by atoms with van der Waals surface area (Å²) in [5.41, 5.74) is 1.28. The van der Waals surface area contributed by atoms with Crippen molar-refractivity contribution in [1.82, 2.24) is 9.55 Å². The van der Waals surface area contributed by atoms with Gasteiger partial charge in [0.05, 0.1) is 5.69 Å². The van der Waals surface area contributed by atoms with E-state index in [0.717, 1.165) is 12.3 Å². The number of nitrogens with zero attached hydrogens (tertiary/aromatic N) is 2. The maximum Gasteiger partial charge on any atom is 0.108 e. The van der Waals surface area contributed by atoms with Crippen molar-refractivity contribution in [1.29, 1.82) is 0 Å². The van der Waals surface area contributed by atoms with Gasteiger partial charge in [-0.05, 0) is 25.2 Å². The molecule has 0 aromatic carbocycles. The van der Waals surface area contributed by atoms with Gasteiger partial charge in [0.15, 0.2) is 0 Å². The lowest BCUT2D eigenvalue weighted by molar-refractivity contribution is 0.522. The maximum atomic E-state index is 4.65. The van der Waals surface area contributed by atoms with Gasteiger partial charge in [0.2, 0.25) is 0 Å². The van der Waals surface area contributed by atoms with Crippen molar-refractivity contribution in [2.24, 2.45) is 5.92 Å². The highest BCUT2D eigenvalue weighted by Gasteiger charge is 2.12. The van der Waals surface area contributed by atoms with Crippen molar-refractivity contribution in [3.63, 3.8) is 0 Å². The molecular formula is C11H18N2. The molecule has 0 amide bonds. The fourth-order valence-electron chi connectivity index (χ4n) is 1.99. The Kier molecular flexibility index (Phi) is 2.38. The zero-order valence-corrected chi connectivity index (χ0v) is 8.58. The average Bonchev–Trinajstić information content (AvgIpc) is 2.44. The first-order chi connectivity index (χ1) is 6.25. The molecule has 0 bridgehead atoms. The van der Waals surface area contributed by atoms with Crippen LogP contribution in [-0.4, -0.2) is 9.55 Å². The minimum atomic E-state index is 0.719. The Bertz CT molecular complexity index is 263. The molecule has 0 N–H and O–H groups in total. The molecule has 2 nitrogen and oxygen atoms in total. The minimum absolute atomic E-state index is 0.719. The number of rotatable bonds is 2. The van der Waals surface area contributed by atoms with Gasteiger partial charge in [0.1, 0.15) is 5.82 Å². The van der Waals surface area contributed by atoms with Crippen LogP contribution in [0.2, 0.25) is 0 Å². The summed E-state index contributed by atoms with van der Waals surface area (Å²) in [4.78, 5) is 4.65. The van der Waals surface area contributed by atoms with Crippen molar-refractivity contribution < 1.29 is 0 Å². The second kappa shape index (κ2) is 3.52. The van der Waals surface area contributed by atoms with Crippen molar-refractivity contribution in [3.05, 3.63) is 17.7 Å². The smallest absolute Gasteiger partial charge is 0.108 e. The van der Waals surface area contributed by atoms with E-state index in [1.807, 2.05) is 0 Å². The topological polar surface area (TPSA) is 17.8 Å². The molecule has 0 atom stereocenters. The summed E-state index contributed by atoms with van der Waals surface area (Å²) < 4.78 is 2.33. The van der Waals surface area contributed by atoms with Crippen LogP contribution in [0.5, 0.6) is 0 Å². The summed E-state index contributed by atoms with van der Waals surface area (Å²) in [5.74, 6) is 2.03. The van der Waals surface area contributed by atoms with Crippen LogP contribution in [-0.2, 0) is 19.4 Å². The Morgan fingerprint density at radius 1 is 1.46 bits per heavy atom. The number of hydrogen-bond donors (Lipinski definition) is 0. The lowest BCUT2D eigenvalue weighted by Gasteiger charge is -2.11. The van der Waals surface area contributed by atoms with E-state index in [2.05, 4.69) is 29.6 Å². The van der Waals surface area contributed by atoms with E-state index < -0.39 is 0 Å². The molecule has 0 radical (unpaired) electrons. The molecule has 1 aromatic heterocycles. The van der Waals surface area contributed by atoms with Crippen LogP contribution in [0.4, 0.5) is 0 Å². The zero-order valence-electron chi connectivity index (χ0n) is 8.58. The molecule has 2 heterocycles. The van der Waals surface area contributed by atoms with Crippen molar-refractivity contribution in [2.45, 2.75) is 46.1 Å². The van der Waals surface area contributed by atoms with Crippen LogP contribution in [0, 0.1) is 5.92 Å². The Morgan fingerprint density at radius 2 is 2.31 bits per heavy atom. The average molecular weight is 178 g/mol. The number of fused-ring (bicyclic) bond motifs is 1. The van der Waals surface area contributed by atoms with Gasteiger partial charge in [-0.25, -0.2) is 4.98 Å². The van der Waals surface area contributed by atoms with Crippen LogP contribution >= 0.6 is 0 Å². The first kappa shape index (κ1) is 8.79. The van der Waals surface area contributed by atoms with Gasteiger partial charge < -0.3 is 4.57 Å². The summed E-state index contributed by atoms with van der Waals surface area (Å²) in [7, 11) is 0. The molecule has 72 valence electrons. The summed E-state index contributed by atoms with van der Waals surface area (Å²) in [6, 6.07) is 0. The Morgan fingerprint density at radius 3 is 3.00 bits per heavy atom. The predicted octanol–water partition coefficient (Wildman–Crippen LogP) is 2.42. The Labute approximate surface area is 80.0 Å². The second-order valence-corrected chi connectivity index (χ2v) is 4.40. The minimum Gasteiger partial charge on any atom is -0.335 e. The van der Waals surface area contributed by atoms with Crippen LogP contribution in [0.15, 0.2) is 6.20 Å². The molecular weight excluding hydrogens is 160 g/mol. The highest BCUT2D eigenvalue weighted by Crippen LogP contribution is 2.16. The highest BCUT2D eigenvalue weighted by molar-refractivity contribution is 5.06. The molecule has 0 saturated carbocycles. The molecule has 0 fully saturated rings. The number of aromatic nitrogens is 2. The van der Waals surface area contributed by atoms with Gasteiger partial charge in [-0.2, -0.15) is 0 Å². The SMILES string of the molecule is CC(C)Cc1cn2c(n1)CCCC2. The fourth-order valence-corrected chi connectivity index (χ4v) is 1.99. The normalized spacial score (nSPS) is 16.2. The Hall–Kier alpha value is -0.790. The first-order valence-corrected chi connectivity index (χ1v) is 5.30. The summed E-state index contributed by atoms with van der Waals surface area (Å²) >= 11 is 0. The highest BCUT2D eigenvalue weighted by atomic mass is 15.1. The Balaban J connectivity index is 2.15. The quantitative estimate of drug-likeness (QED) is 0.680. The molecule has 1 aliphatic rings. The third-order valence-electron chi connectivity index (χ3n) is 2.58. The van der Waals surface area contributed by atoms with Crippen molar-refractivity contribution in [2.75, 3.05) is 0 Å². The van der Waals surface area contributed by atoms with Gasteiger partial charge in [-0.15, -0.1) is 0 Å². The number of imidazole rings is 1. The van der Waals surface area contributed by atoms with E-state index in [9.17, 15) is 0 Å². The van der Waals surface area contributed by atoms with Gasteiger partial charge in [-0.1, -0.05) is 13.8 Å². The van der Waals surface area contributed by atoms with E-state index in [4.69, 9.17) is 0 Å². The van der Waals surface area contributed by atoms with Crippen LogP contribution < -0.4 is 0 Å². The van der Waals surface area contributed by atoms with E-state index in [-0.39, 0.29) is 0 Å². The molecule has 0 saturated heterocycles. The third kappa shape index (κ3) is 1.93. The summed E-state index contributed by atoms with van der Waals surface area (Å²) in [5, 5.41) is 0. The van der Waals surface area contributed by atoms with Gasteiger partial charge >= 0.3 is 0 Å². The zero-order chi connectivity index (χ0) is 9.26. The van der Waals surface area contributed by atoms with Gasteiger partial charge in [0.25, 0.3) is 0 Å². The maximum absolute atomic E-state index is 4.65. The number of hydrogen-bond acceptors (Lipinski definition) is 1. The molecule has 1 aromatic rings. The predicted molar refractivity (Wildman–Crippen MR) is 53.7 cm³/mol. The van der Waals surface area contributed by atoms with E-state index in [0.29, 0.717) is 0 Å². The largest absolute Gasteiger partial charge is 0.335 e. The number of aryl methyl sites for hydroxylation is 2. The second-order valence-electron chi connectivity index (χ2n) is 4.40. The summed E-state index contributed by atoms with van der Waals surface area (Å²) in [6.07, 6.45) is 7.19. The molecule has 1 aliphatic heterocycles. The molecule has 2 rings (SSSR count). The molecule has 13 heavy (non-hydrogen) atoms. The van der Waals surface area contributed by atoms with Crippen molar-refractivity contribution >= 4 is 0 Å². The molecule has 2 heteroatoms. The van der Waals surface area contributed by atoms with E-state index in [1.54, 1.807) is 0 Å². The lowest BCUT2D eigenvalue weighted by Crippen LogP contribution is -2.08. The van der Waals surface area contributed by atoms with E-state index >= 15 is 0 Å². The van der Waals surface area contributed by atoms with Gasteiger partial charge in [0, 0.05) is 19.2 Å². The third-order valence-corrected chi connectivity index (χ3v) is 2.58. The monoisotopic (exact) mass is 178 g/mol. The molecule has 0 aliphatic carbocycles. The lowest BCUT2D eigenvalue weighted by atomic mass is 10.1. The van der Waals surface area contributed by atoms with E-state index in [1.165, 1.54) is 37.3 Å². The van der Waals surface area contributed by atoms with Gasteiger partial charge in [-0.3, -0.25) is 0 Å². The summed E-state index contributed by atoms with van der Waals surface area (Å²) in [6.45, 7) is 5.68. The molecule has 0 spiro atoms. The van der Waals surface area contributed by atoms with Crippen molar-refractivity contribution in [3.8, 4) is 0 Å². The van der Waals surface area contributed by atoms with Crippen LogP contribution in [0.3, 0.4) is 0 Å². The standard InChI is InChI=1S/C11H18N2/c1-9(2)7-10-8-13-6-4-3-5-11(13)12-10/h8-9H,3-7H2,1-2H3. The molecule has 0 unspecified atom stereocenters.